The highest BCUT2D eigenvalue weighted by molar-refractivity contribution is 6.24. The predicted octanol–water partition coefficient (Wildman–Crippen LogP) is -0.446. The first-order valence-corrected chi connectivity index (χ1v) is 9.80. The van der Waals surface area contributed by atoms with Crippen molar-refractivity contribution in [1.29, 1.82) is 0 Å². The first-order chi connectivity index (χ1) is 14.0. The second kappa shape index (κ2) is 8.02. The standard InChI is InChI=1S/C20H24N4O5/c1-29-13-7-12(22-10-13)9-21-8-11-3-2-4-14-17(11)20(28)24(19(14)27)15-5-6-16(25)23-18(15)26/h2-4,12-13,15,21-22H,5-10H2,1H3,(H,23,25,26). The van der Waals surface area contributed by atoms with Crippen LogP contribution in [-0.2, 0) is 20.9 Å². The number of ether oxygens (including phenoxy) is 1. The van der Waals surface area contributed by atoms with Gasteiger partial charge in [0, 0.05) is 39.2 Å². The average Bonchev–Trinajstić information content (AvgIpc) is 3.26. The SMILES string of the molecule is COC1CNC(CNCc2cccc3c2C(=O)N(C2CCC(=O)NC2=O)C3=O)C1. The largest absolute Gasteiger partial charge is 0.380 e. The number of methoxy groups -OCH3 is 1. The molecule has 3 aliphatic heterocycles. The zero-order chi connectivity index (χ0) is 20.5. The van der Waals surface area contributed by atoms with E-state index in [1.54, 1.807) is 19.2 Å². The molecular weight excluding hydrogens is 376 g/mol. The fourth-order valence-corrected chi connectivity index (χ4v) is 4.23. The fourth-order valence-electron chi connectivity index (χ4n) is 4.23. The van der Waals surface area contributed by atoms with Crippen LogP contribution in [0.25, 0.3) is 0 Å². The minimum absolute atomic E-state index is 0.106. The summed E-state index contributed by atoms with van der Waals surface area (Å²) in [7, 11) is 1.70. The molecule has 0 saturated carbocycles. The monoisotopic (exact) mass is 400 g/mol. The van der Waals surface area contributed by atoms with Gasteiger partial charge in [-0.05, 0) is 24.5 Å². The first kappa shape index (κ1) is 19.7. The quantitative estimate of drug-likeness (QED) is 0.554. The summed E-state index contributed by atoms with van der Waals surface area (Å²) in [4.78, 5) is 50.4. The number of nitrogens with one attached hydrogen (secondary N) is 3. The van der Waals surface area contributed by atoms with Gasteiger partial charge >= 0.3 is 0 Å². The molecule has 9 heteroatoms. The maximum atomic E-state index is 13.0. The molecule has 4 amide bonds. The van der Waals surface area contributed by atoms with Crippen LogP contribution in [0.3, 0.4) is 0 Å². The third kappa shape index (κ3) is 3.68. The van der Waals surface area contributed by atoms with Crippen molar-refractivity contribution in [2.75, 3.05) is 20.2 Å². The van der Waals surface area contributed by atoms with Crippen molar-refractivity contribution in [2.24, 2.45) is 0 Å². The van der Waals surface area contributed by atoms with Crippen LogP contribution in [0.1, 0.15) is 45.5 Å². The smallest absolute Gasteiger partial charge is 0.262 e. The highest BCUT2D eigenvalue weighted by Crippen LogP contribution is 2.29. The van der Waals surface area contributed by atoms with Gasteiger partial charge in [0.05, 0.1) is 17.2 Å². The number of amides is 4. The van der Waals surface area contributed by atoms with E-state index >= 15 is 0 Å². The van der Waals surface area contributed by atoms with E-state index in [9.17, 15) is 19.2 Å². The Morgan fingerprint density at radius 1 is 1.21 bits per heavy atom. The minimum Gasteiger partial charge on any atom is -0.380 e. The summed E-state index contributed by atoms with van der Waals surface area (Å²) >= 11 is 0. The van der Waals surface area contributed by atoms with Crippen LogP contribution in [0.5, 0.6) is 0 Å². The maximum absolute atomic E-state index is 13.0. The van der Waals surface area contributed by atoms with E-state index in [1.165, 1.54) is 0 Å². The Hall–Kier alpha value is -2.62. The number of piperidine rings is 1. The third-order valence-electron chi connectivity index (χ3n) is 5.78. The van der Waals surface area contributed by atoms with Gasteiger partial charge in [0.2, 0.25) is 11.8 Å². The molecule has 2 fully saturated rings. The third-order valence-corrected chi connectivity index (χ3v) is 5.78. The van der Waals surface area contributed by atoms with Crippen molar-refractivity contribution >= 4 is 23.6 Å². The summed E-state index contributed by atoms with van der Waals surface area (Å²) in [6.45, 7) is 1.96. The molecule has 29 heavy (non-hydrogen) atoms. The molecule has 4 rings (SSSR count). The lowest BCUT2D eigenvalue weighted by Gasteiger charge is -2.27. The number of imide groups is 2. The summed E-state index contributed by atoms with van der Waals surface area (Å²) < 4.78 is 5.35. The number of nitrogens with zero attached hydrogens (tertiary/aromatic N) is 1. The van der Waals surface area contributed by atoms with E-state index in [0.717, 1.165) is 23.4 Å². The number of hydrogen-bond donors (Lipinski definition) is 3. The molecule has 9 nitrogen and oxygen atoms in total. The molecule has 0 aliphatic carbocycles. The first-order valence-electron chi connectivity index (χ1n) is 9.80. The summed E-state index contributed by atoms with van der Waals surface area (Å²) in [6.07, 6.45) is 1.38. The number of hydrogen-bond acceptors (Lipinski definition) is 7. The summed E-state index contributed by atoms with van der Waals surface area (Å²) in [5.41, 5.74) is 1.36. The molecule has 154 valence electrons. The molecule has 3 unspecified atom stereocenters. The fraction of sp³-hybridized carbons (Fsp3) is 0.500. The van der Waals surface area contributed by atoms with Gasteiger partial charge in [-0.3, -0.25) is 29.4 Å². The van der Waals surface area contributed by atoms with Gasteiger partial charge in [0.15, 0.2) is 0 Å². The average molecular weight is 400 g/mol. The van der Waals surface area contributed by atoms with Crippen LogP contribution in [0.4, 0.5) is 0 Å². The highest BCUT2D eigenvalue weighted by Gasteiger charge is 2.45. The summed E-state index contributed by atoms with van der Waals surface area (Å²) in [5, 5.41) is 8.93. The second-order valence-electron chi connectivity index (χ2n) is 7.62. The van der Waals surface area contributed by atoms with Gasteiger partial charge in [0.25, 0.3) is 11.8 Å². The normalized spacial score (nSPS) is 26.8. The van der Waals surface area contributed by atoms with Crippen molar-refractivity contribution < 1.29 is 23.9 Å². The van der Waals surface area contributed by atoms with Crippen molar-refractivity contribution in [3.63, 3.8) is 0 Å². The predicted molar refractivity (Wildman–Crippen MR) is 102 cm³/mol. The zero-order valence-corrected chi connectivity index (χ0v) is 16.2. The van der Waals surface area contributed by atoms with Crippen LogP contribution >= 0.6 is 0 Å². The molecule has 0 spiro atoms. The van der Waals surface area contributed by atoms with E-state index in [4.69, 9.17) is 4.74 Å². The number of fused-ring (bicyclic) bond motifs is 1. The minimum atomic E-state index is -0.949. The Kier molecular flexibility index (Phi) is 5.44. The zero-order valence-electron chi connectivity index (χ0n) is 16.2. The molecule has 3 heterocycles. The van der Waals surface area contributed by atoms with E-state index in [-0.39, 0.29) is 30.9 Å². The van der Waals surface area contributed by atoms with Gasteiger partial charge < -0.3 is 15.4 Å². The van der Waals surface area contributed by atoms with Crippen molar-refractivity contribution in [2.45, 2.75) is 44.0 Å². The molecule has 3 aliphatic rings. The van der Waals surface area contributed by atoms with Crippen LogP contribution in [-0.4, -0.2) is 66.9 Å². The number of carbonyl (C=O) groups is 4. The van der Waals surface area contributed by atoms with E-state index < -0.39 is 23.8 Å². The van der Waals surface area contributed by atoms with Crippen molar-refractivity contribution in [3.8, 4) is 0 Å². The lowest BCUT2D eigenvalue weighted by atomic mass is 10.0. The molecular formula is C20H24N4O5. The topological polar surface area (TPSA) is 117 Å². The molecule has 1 aromatic carbocycles. The van der Waals surface area contributed by atoms with Gasteiger partial charge in [-0.2, -0.15) is 0 Å². The van der Waals surface area contributed by atoms with Gasteiger partial charge in [-0.15, -0.1) is 0 Å². The number of carbonyl (C=O) groups excluding carboxylic acids is 4. The molecule has 3 atom stereocenters. The molecule has 3 N–H and O–H groups in total. The summed E-state index contributed by atoms with van der Waals surface area (Å²) in [6, 6.07) is 4.49. The maximum Gasteiger partial charge on any atom is 0.262 e. The van der Waals surface area contributed by atoms with Gasteiger partial charge in [0.1, 0.15) is 6.04 Å². The summed E-state index contributed by atoms with van der Waals surface area (Å²) in [5.74, 6) is -1.95. The van der Waals surface area contributed by atoms with Crippen LogP contribution in [0, 0.1) is 0 Å². The van der Waals surface area contributed by atoms with E-state index in [1.807, 2.05) is 6.07 Å². The molecule has 0 bridgehead atoms. The number of rotatable bonds is 6. The molecule has 1 aromatic rings. The van der Waals surface area contributed by atoms with Crippen molar-refractivity contribution in [1.82, 2.24) is 20.9 Å². The van der Waals surface area contributed by atoms with E-state index in [0.29, 0.717) is 24.2 Å². The molecule has 0 radical (unpaired) electrons. The van der Waals surface area contributed by atoms with Gasteiger partial charge in [-0.25, -0.2) is 0 Å². The Morgan fingerprint density at radius 3 is 2.76 bits per heavy atom. The highest BCUT2D eigenvalue weighted by atomic mass is 16.5. The molecule has 2 saturated heterocycles. The Balaban J connectivity index is 1.46. The van der Waals surface area contributed by atoms with Gasteiger partial charge in [-0.1, -0.05) is 12.1 Å². The van der Waals surface area contributed by atoms with Crippen LogP contribution < -0.4 is 16.0 Å². The lowest BCUT2D eigenvalue weighted by molar-refractivity contribution is -0.136. The lowest BCUT2D eigenvalue weighted by Crippen LogP contribution is -2.54. The molecule has 0 aromatic heterocycles. The second-order valence-corrected chi connectivity index (χ2v) is 7.62. The Bertz CT molecular complexity index is 870. The Morgan fingerprint density at radius 2 is 2.03 bits per heavy atom. The van der Waals surface area contributed by atoms with Crippen LogP contribution in [0.15, 0.2) is 18.2 Å². The number of benzene rings is 1. The Labute approximate surface area is 168 Å². The van der Waals surface area contributed by atoms with Crippen LogP contribution in [0.2, 0.25) is 0 Å². The van der Waals surface area contributed by atoms with E-state index in [2.05, 4.69) is 16.0 Å². The van der Waals surface area contributed by atoms with Crippen molar-refractivity contribution in [3.05, 3.63) is 34.9 Å².